The van der Waals surface area contributed by atoms with E-state index < -0.39 is 0 Å². The van der Waals surface area contributed by atoms with Crippen LogP contribution >= 0.6 is 0 Å². The van der Waals surface area contributed by atoms with Crippen molar-refractivity contribution in [3.8, 4) is 5.69 Å². The molecule has 6 nitrogen and oxygen atoms in total. The normalized spacial score (nSPS) is 10.7. The van der Waals surface area contributed by atoms with Gasteiger partial charge in [-0.3, -0.25) is 4.68 Å². The van der Waals surface area contributed by atoms with E-state index in [1.165, 1.54) is 5.56 Å². The molecule has 0 fully saturated rings. The van der Waals surface area contributed by atoms with E-state index in [0.717, 1.165) is 12.2 Å². The number of nitrogen functional groups attached to an aromatic ring is 1. The highest BCUT2D eigenvalue weighted by Gasteiger charge is 2.03. The molecule has 2 N–H and O–H groups in total. The Balaban J connectivity index is 1.82. The third-order valence-corrected chi connectivity index (χ3v) is 2.58. The Morgan fingerprint density at radius 3 is 2.72 bits per heavy atom. The molecule has 0 amide bonds. The van der Waals surface area contributed by atoms with E-state index in [2.05, 4.69) is 27.3 Å². The van der Waals surface area contributed by atoms with Gasteiger partial charge in [0.15, 0.2) is 0 Å². The Hall–Kier alpha value is -2.63. The van der Waals surface area contributed by atoms with E-state index in [-0.39, 0.29) is 5.95 Å². The van der Waals surface area contributed by atoms with Crippen LogP contribution in [0.4, 0.5) is 5.95 Å². The van der Waals surface area contributed by atoms with Gasteiger partial charge in [0, 0.05) is 0 Å². The molecule has 3 aromatic rings. The smallest absolute Gasteiger partial charge is 0.239 e. The van der Waals surface area contributed by atoms with Crippen LogP contribution in [-0.2, 0) is 6.54 Å². The maximum Gasteiger partial charge on any atom is 0.239 e. The molecule has 2 aromatic heterocycles. The number of nitrogens with two attached hydrogens (primary N) is 1. The van der Waals surface area contributed by atoms with Gasteiger partial charge in [0.25, 0.3) is 0 Å². The lowest BCUT2D eigenvalue weighted by molar-refractivity contribution is 0.686. The van der Waals surface area contributed by atoms with Gasteiger partial charge in [-0.15, -0.1) is 5.10 Å². The van der Waals surface area contributed by atoms with E-state index in [4.69, 9.17) is 5.73 Å². The highest BCUT2D eigenvalue weighted by Crippen LogP contribution is 2.07. The van der Waals surface area contributed by atoms with Crippen molar-refractivity contribution in [1.82, 2.24) is 24.5 Å². The average Bonchev–Trinajstić information content (AvgIpc) is 2.99. The van der Waals surface area contributed by atoms with Crippen molar-refractivity contribution in [2.75, 3.05) is 5.73 Å². The zero-order valence-corrected chi connectivity index (χ0v) is 9.64. The molecule has 0 spiro atoms. The molecule has 0 radical (unpaired) electrons. The standard InChI is InChI=1S/C12H12N6/c13-12-14-9-18(16-12)11-6-15-17(8-11)7-10-4-2-1-3-5-10/h1-6,8-9H,7H2,(H2,13,16). The molecular weight excluding hydrogens is 228 g/mol. The molecule has 0 unspecified atom stereocenters. The van der Waals surface area contributed by atoms with Gasteiger partial charge in [-0.25, -0.2) is 9.67 Å². The average molecular weight is 240 g/mol. The second kappa shape index (κ2) is 4.33. The van der Waals surface area contributed by atoms with E-state index >= 15 is 0 Å². The zero-order chi connectivity index (χ0) is 12.4. The number of aromatic nitrogens is 5. The van der Waals surface area contributed by atoms with Crippen LogP contribution in [0.1, 0.15) is 5.56 Å². The van der Waals surface area contributed by atoms with Crippen molar-refractivity contribution in [2.24, 2.45) is 0 Å². The third-order valence-electron chi connectivity index (χ3n) is 2.58. The third kappa shape index (κ3) is 2.08. The fraction of sp³-hybridized carbons (Fsp3) is 0.0833. The minimum absolute atomic E-state index is 0.255. The Labute approximate surface area is 104 Å². The first-order valence-electron chi connectivity index (χ1n) is 5.55. The first-order chi connectivity index (χ1) is 8.81. The summed E-state index contributed by atoms with van der Waals surface area (Å²) >= 11 is 0. The maximum atomic E-state index is 5.48. The summed E-state index contributed by atoms with van der Waals surface area (Å²) in [5, 5.41) is 8.32. The molecule has 90 valence electrons. The predicted molar refractivity (Wildman–Crippen MR) is 67.1 cm³/mol. The second-order valence-electron chi connectivity index (χ2n) is 3.93. The minimum atomic E-state index is 0.255. The molecule has 0 aliphatic carbocycles. The monoisotopic (exact) mass is 240 g/mol. The number of nitrogens with zero attached hydrogens (tertiary/aromatic N) is 5. The molecule has 0 bridgehead atoms. The van der Waals surface area contributed by atoms with Crippen molar-refractivity contribution in [3.05, 3.63) is 54.6 Å². The van der Waals surface area contributed by atoms with E-state index in [0.29, 0.717) is 0 Å². The minimum Gasteiger partial charge on any atom is -0.366 e. The quantitative estimate of drug-likeness (QED) is 0.743. The highest BCUT2D eigenvalue weighted by atomic mass is 15.4. The van der Waals surface area contributed by atoms with Crippen molar-refractivity contribution in [3.63, 3.8) is 0 Å². The van der Waals surface area contributed by atoms with Crippen LogP contribution in [0.5, 0.6) is 0 Å². The lowest BCUT2D eigenvalue weighted by Crippen LogP contribution is -1.99. The molecule has 0 aliphatic rings. The predicted octanol–water partition coefficient (Wildman–Crippen LogP) is 1.09. The Morgan fingerprint density at radius 1 is 1.17 bits per heavy atom. The van der Waals surface area contributed by atoms with Crippen LogP contribution in [-0.4, -0.2) is 24.5 Å². The summed E-state index contributed by atoms with van der Waals surface area (Å²) < 4.78 is 3.45. The fourth-order valence-electron chi connectivity index (χ4n) is 1.73. The van der Waals surface area contributed by atoms with Crippen LogP contribution in [0.3, 0.4) is 0 Å². The van der Waals surface area contributed by atoms with Gasteiger partial charge in [0.1, 0.15) is 12.0 Å². The van der Waals surface area contributed by atoms with Gasteiger partial charge in [-0.05, 0) is 5.56 Å². The van der Waals surface area contributed by atoms with Gasteiger partial charge >= 0.3 is 0 Å². The topological polar surface area (TPSA) is 74.5 Å². The van der Waals surface area contributed by atoms with Crippen molar-refractivity contribution in [2.45, 2.75) is 6.54 Å². The van der Waals surface area contributed by atoms with Crippen LogP contribution in [0.2, 0.25) is 0 Å². The zero-order valence-electron chi connectivity index (χ0n) is 9.64. The van der Waals surface area contributed by atoms with Crippen LogP contribution < -0.4 is 5.73 Å². The molecular formula is C12H12N6. The molecule has 6 heteroatoms. The summed E-state index contributed by atoms with van der Waals surface area (Å²) in [6.07, 6.45) is 5.21. The molecule has 18 heavy (non-hydrogen) atoms. The Bertz CT molecular complexity index is 639. The van der Waals surface area contributed by atoms with Gasteiger partial charge in [0.2, 0.25) is 5.95 Å². The van der Waals surface area contributed by atoms with Gasteiger partial charge < -0.3 is 5.73 Å². The van der Waals surface area contributed by atoms with Crippen molar-refractivity contribution in [1.29, 1.82) is 0 Å². The number of hydrogen-bond acceptors (Lipinski definition) is 4. The van der Waals surface area contributed by atoms with Crippen LogP contribution in [0.25, 0.3) is 5.69 Å². The molecule has 2 heterocycles. The second-order valence-corrected chi connectivity index (χ2v) is 3.93. The number of rotatable bonds is 3. The van der Waals surface area contributed by atoms with Gasteiger partial charge in [0.05, 0.1) is 18.9 Å². The van der Waals surface area contributed by atoms with E-state index in [9.17, 15) is 0 Å². The maximum absolute atomic E-state index is 5.48. The van der Waals surface area contributed by atoms with Crippen LogP contribution in [0.15, 0.2) is 49.1 Å². The lowest BCUT2D eigenvalue weighted by Gasteiger charge is -2.00. The molecule has 0 saturated carbocycles. The molecule has 0 atom stereocenters. The first-order valence-corrected chi connectivity index (χ1v) is 5.55. The fourth-order valence-corrected chi connectivity index (χ4v) is 1.73. The molecule has 0 saturated heterocycles. The summed E-state index contributed by atoms with van der Waals surface area (Å²) in [6, 6.07) is 10.1. The van der Waals surface area contributed by atoms with E-state index in [1.54, 1.807) is 17.2 Å². The summed E-state index contributed by atoms with van der Waals surface area (Å²) in [4.78, 5) is 3.88. The van der Waals surface area contributed by atoms with Crippen molar-refractivity contribution < 1.29 is 0 Å². The summed E-state index contributed by atoms with van der Waals surface area (Å²) in [7, 11) is 0. The number of benzene rings is 1. The summed E-state index contributed by atoms with van der Waals surface area (Å²) in [5.74, 6) is 0.255. The summed E-state index contributed by atoms with van der Waals surface area (Å²) in [6.45, 7) is 0.727. The molecule has 0 aliphatic heterocycles. The molecule has 1 aromatic carbocycles. The molecule has 3 rings (SSSR count). The largest absolute Gasteiger partial charge is 0.366 e. The van der Waals surface area contributed by atoms with Gasteiger partial charge in [-0.2, -0.15) is 5.10 Å². The SMILES string of the molecule is Nc1ncn(-c2cnn(Cc3ccccc3)c2)n1. The Morgan fingerprint density at radius 2 is 2.00 bits per heavy atom. The Kier molecular flexibility index (Phi) is 2.53. The van der Waals surface area contributed by atoms with Gasteiger partial charge in [-0.1, -0.05) is 30.3 Å². The van der Waals surface area contributed by atoms with Crippen LogP contribution in [0, 0.1) is 0 Å². The van der Waals surface area contributed by atoms with E-state index in [1.807, 2.05) is 29.1 Å². The lowest BCUT2D eigenvalue weighted by atomic mass is 10.2. The van der Waals surface area contributed by atoms with Crippen molar-refractivity contribution >= 4 is 5.95 Å². The highest BCUT2D eigenvalue weighted by molar-refractivity contribution is 5.26. The number of anilines is 1. The number of hydrogen-bond donors (Lipinski definition) is 1. The summed E-state index contributed by atoms with van der Waals surface area (Å²) in [5.41, 5.74) is 7.52. The first kappa shape index (κ1) is 10.5.